The Balaban J connectivity index is 0.000000296. The SMILES string of the molecule is CC(=O)NCCN1C[C@@H](COC(C)=O)CC[C@H]1c1ccccc1.CO[C@H](C)c1cc(C(F)(F)F)cc(C(F)(F)F)c1. The zero-order chi connectivity index (χ0) is 30.8. The van der Waals surface area contributed by atoms with Crippen LogP contribution in [0.15, 0.2) is 48.5 Å². The fourth-order valence-corrected chi connectivity index (χ4v) is 4.52. The van der Waals surface area contributed by atoms with E-state index in [1.165, 1.54) is 33.4 Å². The lowest BCUT2D eigenvalue weighted by molar-refractivity contribution is -0.144. The van der Waals surface area contributed by atoms with Crippen LogP contribution in [-0.4, -0.2) is 50.1 Å². The molecule has 0 bridgehead atoms. The van der Waals surface area contributed by atoms with Gasteiger partial charge in [-0.25, -0.2) is 0 Å². The third kappa shape index (κ3) is 11.3. The van der Waals surface area contributed by atoms with Gasteiger partial charge in [-0.1, -0.05) is 30.3 Å². The number of hydrogen-bond acceptors (Lipinski definition) is 5. The molecule has 1 fully saturated rings. The number of ether oxygens (including phenoxy) is 2. The number of esters is 1. The van der Waals surface area contributed by atoms with Gasteiger partial charge in [0.25, 0.3) is 0 Å². The van der Waals surface area contributed by atoms with Crippen LogP contribution in [0.5, 0.6) is 0 Å². The molecule has 1 aliphatic heterocycles. The van der Waals surface area contributed by atoms with Crippen molar-refractivity contribution in [1.82, 2.24) is 10.2 Å². The summed E-state index contributed by atoms with van der Waals surface area (Å²) in [7, 11) is 1.21. The van der Waals surface area contributed by atoms with Gasteiger partial charge in [-0.3, -0.25) is 14.5 Å². The number of rotatable bonds is 8. The summed E-state index contributed by atoms with van der Waals surface area (Å²) in [6.07, 6.45) is -8.43. The van der Waals surface area contributed by atoms with E-state index in [0.29, 0.717) is 37.2 Å². The van der Waals surface area contributed by atoms with E-state index in [2.05, 4.69) is 34.5 Å². The lowest BCUT2D eigenvalue weighted by Crippen LogP contribution is -2.43. The molecule has 6 nitrogen and oxygen atoms in total. The molecule has 41 heavy (non-hydrogen) atoms. The number of carbonyl (C=O) groups is 2. The molecular formula is C29H36F6N2O4. The van der Waals surface area contributed by atoms with Crippen LogP contribution in [0.25, 0.3) is 0 Å². The van der Waals surface area contributed by atoms with E-state index < -0.39 is 29.6 Å². The van der Waals surface area contributed by atoms with Crippen molar-refractivity contribution >= 4 is 11.9 Å². The second kappa shape index (κ2) is 15.2. The third-order valence-electron chi connectivity index (χ3n) is 6.69. The molecular weight excluding hydrogens is 554 g/mol. The van der Waals surface area contributed by atoms with Crippen molar-refractivity contribution < 1.29 is 45.4 Å². The average Bonchev–Trinajstić information content (AvgIpc) is 2.91. The fourth-order valence-electron chi connectivity index (χ4n) is 4.52. The number of nitrogens with one attached hydrogen (secondary N) is 1. The molecule has 1 saturated heterocycles. The Bertz CT molecular complexity index is 1090. The van der Waals surface area contributed by atoms with Gasteiger partial charge in [-0.2, -0.15) is 26.3 Å². The quantitative estimate of drug-likeness (QED) is 0.278. The van der Waals surface area contributed by atoms with Gasteiger partial charge in [-0.15, -0.1) is 0 Å². The highest BCUT2D eigenvalue weighted by atomic mass is 19.4. The van der Waals surface area contributed by atoms with Gasteiger partial charge in [-0.05, 0) is 49.1 Å². The minimum atomic E-state index is -4.83. The average molecular weight is 591 g/mol. The van der Waals surface area contributed by atoms with E-state index in [4.69, 9.17) is 9.47 Å². The Morgan fingerprint density at radius 2 is 1.56 bits per heavy atom. The maximum absolute atomic E-state index is 12.5. The summed E-state index contributed by atoms with van der Waals surface area (Å²) in [6.45, 7) is 7.16. The van der Waals surface area contributed by atoms with E-state index in [0.717, 1.165) is 25.9 Å². The minimum absolute atomic E-state index is 0.00488. The first-order valence-electron chi connectivity index (χ1n) is 13.1. The van der Waals surface area contributed by atoms with Crippen molar-refractivity contribution in [3.8, 4) is 0 Å². The summed E-state index contributed by atoms with van der Waals surface area (Å²) in [5, 5.41) is 2.86. The first-order valence-corrected chi connectivity index (χ1v) is 13.1. The molecule has 228 valence electrons. The fraction of sp³-hybridized carbons (Fsp3) is 0.517. The van der Waals surface area contributed by atoms with Gasteiger partial charge in [0.15, 0.2) is 0 Å². The second-order valence-corrected chi connectivity index (χ2v) is 9.87. The number of methoxy groups -OCH3 is 1. The highest BCUT2D eigenvalue weighted by molar-refractivity contribution is 5.72. The Morgan fingerprint density at radius 3 is 2.05 bits per heavy atom. The molecule has 1 N–H and O–H groups in total. The summed E-state index contributed by atoms with van der Waals surface area (Å²) >= 11 is 0. The predicted octanol–water partition coefficient (Wildman–Crippen LogP) is 6.57. The molecule has 3 atom stereocenters. The summed E-state index contributed by atoms with van der Waals surface area (Å²) < 4.78 is 84.9. The van der Waals surface area contributed by atoms with E-state index in [1.54, 1.807) is 0 Å². The van der Waals surface area contributed by atoms with Crippen molar-refractivity contribution in [2.75, 3.05) is 33.4 Å². The number of carbonyl (C=O) groups excluding carboxylic acids is 2. The zero-order valence-electron chi connectivity index (χ0n) is 23.4. The maximum Gasteiger partial charge on any atom is 0.416 e. The normalized spacial score (nSPS) is 18.6. The number of halogens is 6. The third-order valence-corrected chi connectivity index (χ3v) is 6.69. The molecule has 0 aliphatic carbocycles. The van der Waals surface area contributed by atoms with Gasteiger partial charge in [0.2, 0.25) is 5.91 Å². The Labute approximate surface area is 236 Å². The zero-order valence-corrected chi connectivity index (χ0v) is 23.4. The van der Waals surface area contributed by atoms with Crippen molar-refractivity contribution in [3.63, 3.8) is 0 Å². The number of hydrogen-bond donors (Lipinski definition) is 1. The molecule has 0 unspecified atom stereocenters. The summed E-state index contributed by atoms with van der Waals surface area (Å²) in [6, 6.07) is 12.2. The molecule has 0 aromatic heterocycles. The van der Waals surface area contributed by atoms with Gasteiger partial charge in [0, 0.05) is 52.6 Å². The highest BCUT2D eigenvalue weighted by Gasteiger charge is 2.37. The number of amides is 1. The summed E-state index contributed by atoms with van der Waals surface area (Å²) in [4.78, 5) is 24.5. The van der Waals surface area contributed by atoms with E-state index in [1.807, 2.05) is 6.07 Å². The molecule has 1 amide bonds. The predicted molar refractivity (Wildman–Crippen MR) is 141 cm³/mol. The molecule has 0 saturated carbocycles. The number of benzene rings is 2. The highest BCUT2D eigenvalue weighted by Crippen LogP contribution is 2.38. The number of alkyl halides is 6. The van der Waals surface area contributed by atoms with Gasteiger partial charge in [0.1, 0.15) is 0 Å². The molecule has 2 aromatic carbocycles. The number of likely N-dealkylation sites (tertiary alicyclic amines) is 1. The standard InChI is InChI=1S/C18H26N2O3.C11H10F6O/c1-14(21)19-10-11-20-12-16(13-23-15(2)22)8-9-18(20)17-6-4-3-5-7-17;1-6(18-2)7-3-8(10(12,13)14)5-9(4-7)11(15,16)17/h3-7,16,18H,8-13H2,1-2H3,(H,19,21);3-6H,1-2H3/t16-,18-;6-/m01/s1. The lowest BCUT2D eigenvalue weighted by Gasteiger charge is -2.39. The summed E-state index contributed by atoms with van der Waals surface area (Å²) in [5.74, 6) is 0.130. The van der Waals surface area contributed by atoms with Crippen molar-refractivity contribution in [2.45, 2.75) is 58.1 Å². The largest absolute Gasteiger partial charge is 0.466 e. The Kier molecular flexibility index (Phi) is 12.6. The first kappa shape index (κ1) is 34.1. The summed E-state index contributed by atoms with van der Waals surface area (Å²) in [5.41, 5.74) is -1.53. The first-order chi connectivity index (χ1) is 19.1. The van der Waals surface area contributed by atoms with Crippen LogP contribution in [0.4, 0.5) is 26.3 Å². The van der Waals surface area contributed by atoms with Gasteiger partial charge < -0.3 is 14.8 Å². The van der Waals surface area contributed by atoms with Crippen LogP contribution in [0.2, 0.25) is 0 Å². The van der Waals surface area contributed by atoms with Crippen molar-refractivity contribution in [1.29, 1.82) is 0 Å². The van der Waals surface area contributed by atoms with Crippen LogP contribution in [0.1, 0.15) is 68.0 Å². The van der Waals surface area contributed by atoms with Crippen LogP contribution in [0.3, 0.4) is 0 Å². The Hall–Kier alpha value is -3.12. The molecule has 1 aliphatic rings. The van der Waals surface area contributed by atoms with Crippen LogP contribution in [-0.2, 0) is 31.4 Å². The van der Waals surface area contributed by atoms with E-state index >= 15 is 0 Å². The topological polar surface area (TPSA) is 67.9 Å². The lowest BCUT2D eigenvalue weighted by atomic mass is 9.89. The van der Waals surface area contributed by atoms with Crippen LogP contribution >= 0.6 is 0 Å². The minimum Gasteiger partial charge on any atom is -0.466 e. The number of nitrogens with zero attached hydrogens (tertiary/aromatic N) is 1. The van der Waals surface area contributed by atoms with Gasteiger partial charge in [0.05, 0.1) is 23.8 Å². The van der Waals surface area contributed by atoms with E-state index in [9.17, 15) is 35.9 Å². The van der Waals surface area contributed by atoms with Crippen molar-refractivity contribution in [3.05, 3.63) is 70.8 Å². The molecule has 2 aromatic rings. The Morgan fingerprint density at radius 1 is 0.976 bits per heavy atom. The van der Waals surface area contributed by atoms with Crippen LogP contribution < -0.4 is 5.32 Å². The monoisotopic (exact) mass is 590 g/mol. The molecule has 0 spiro atoms. The molecule has 0 radical (unpaired) electrons. The second-order valence-electron chi connectivity index (χ2n) is 9.87. The molecule has 1 heterocycles. The van der Waals surface area contributed by atoms with Crippen LogP contribution in [0, 0.1) is 5.92 Å². The molecule has 3 rings (SSSR count). The molecule has 12 heteroatoms. The number of piperidine rings is 1. The van der Waals surface area contributed by atoms with Crippen molar-refractivity contribution in [2.24, 2.45) is 5.92 Å². The van der Waals surface area contributed by atoms with Gasteiger partial charge >= 0.3 is 18.3 Å². The van der Waals surface area contributed by atoms with E-state index in [-0.39, 0.29) is 23.5 Å². The smallest absolute Gasteiger partial charge is 0.416 e. The maximum atomic E-state index is 12.5.